The Morgan fingerprint density at radius 1 is 1.10 bits per heavy atom. The number of rotatable bonds is 5. The Kier molecular flexibility index (Phi) is 4.05. The van der Waals surface area contributed by atoms with Gasteiger partial charge in [-0.05, 0) is 48.2 Å². The van der Waals surface area contributed by atoms with Crippen LogP contribution in [0.1, 0.15) is 30.0 Å². The number of nitrogens with two attached hydrogens (primary N) is 1. The average Bonchev–Trinajstić information content (AvgIpc) is 3.26. The number of halogens is 1. The molecule has 1 aliphatic carbocycles. The summed E-state index contributed by atoms with van der Waals surface area (Å²) in [5, 5.41) is 0. The zero-order chi connectivity index (χ0) is 13.9. The molecule has 20 heavy (non-hydrogen) atoms. The lowest BCUT2D eigenvalue weighted by molar-refractivity contribution is 0.303. The second kappa shape index (κ2) is 5.95. The highest BCUT2D eigenvalue weighted by atomic mass is 79.9. The SMILES string of the molecule is NNC(c1ccc(OC2CC2)cc1)c1cccc(Br)c1. The molecule has 0 radical (unpaired) electrons. The van der Waals surface area contributed by atoms with E-state index in [0.717, 1.165) is 21.3 Å². The van der Waals surface area contributed by atoms with Crippen LogP contribution in [0.2, 0.25) is 0 Å². The molecule has 3 nitrogen and oxygen atoms in total. The summed E-state index contributed by atoms with van der Waals surface area (Å²) >= 11 is 3.49. The fraction of sp³-hybridized carbons (Fsp3) is 0.250. The predicted molar refractivity (Wildman–Crippen MR) is 83.4 cm³/mol. The molecule has 1 atom stereocenters. The Labute approximate surface area is 127 Å². The maximum Gasteiger partial charge on any atom is 0.119 e. The van der Waals surface area contributed by atoms with Crippen LogP contribution in [-0.2, 0) is 0 Å². The maximum atomic E-state index is 5.76. The Morgan fingerprint density at radius 3 is 2.45 bits per heavy atom. The van der Waals surface area contributed by atoms with Crippen LogP contribution in [0.5, 0.6) is 5.75 Å². The monoisotopic (exact) mass is 332 g/mol. The molecule has 1 aliphatic rings. The van der Waals surface area contributed by atoms with Crippen LogP contribution < -0.4 is 16.0 Å². The summed E-state index contributed by atoms with van der Waals surface area (Å²) in [5.74, 6) is 6.65. The first kappa shape index (κ1) is 13.6. The molecule has 0 heterocycles. The second-order valence-electron chi connectivity index (χ2n) is 5.04. The quantitative estimate of drug-likeness (QED) is 0.650. The highest BCUT2D eigenvalue weighted by Crippen LogP contribution is 2.29. The third-order valence-electron chi connectivity index (χ3n) is 3.39. The van der Waals surface area contributed by atoms with Crippen molar-refractivity contribution >= 4 is 15.9 Å². The summed E-state index contributed by atoms with van der Waals surface area (Å²) in [6, 6.07) is 16.3. The topological polar surface area (TPSA) is 47.3 Å². The van der Waals surface area contributed by atoms with Gasteiger partial charge in [-0.2, -0.15) is 0 Å². The fourth-order valence-electron chi connectivity index (χ4n) is 2.19. The van der Waals surface area contributed by atoms with Crippen molar-refractivity contribution < 1.29 is 4.74 Å². The van der Waals surface area contributed by atoms with E-state index in [1.165, 1.54) is 12.8 Å². The van der Waals surface area contributed by atoms with Gasteiger partial charge in [0.1, 0.15) is 5.75 Å². The molecular weight excluding hydrogens is 316 g/mol. The summed E-state index contributed by atoms with van der Waals surface area (Å²) in [6.45, 7) is 0. The van der Waals surface area contributed by atoms with E-state index in [4.69, 9.17) is 10.6 Å². The number of ether oxygens (including phenoxy) is 1. The molecule has 1 unspecified atom stereocenters. The minimum atomic E-state index is -0.0255. The van der Waals surface area contributed by atoms with Gasteiger partial charge < -0.3 is 4.74 Å². The summed E-state index contributed by atoms with van der Waals surface area (Å²) in [5.41, 5.74) is 5.11. The normalized spacial score (nSPS) is 15.9. The molecule has 0 spiro atoms. The lowest BCUT2D eigenvalue weighted by Gasteiger charge is -2.17. The molecule has 2 aromatic rings. The van der Waals surface area contributed by atoms with Crippen molar-refractivity contribution in [2.75, 3.05) is 0 Å². The van der Waals surface area contributed by atoms with E-state index >= 15 is 0 Å². The standard InChI is InChI=1S/C16H17BrN2O/c17-13-3-1-2-12(10-13)16(19-18)11-4-6-14(7-5-11)20-15-8-9-15/h1-7,10,15-16,19H,8-9,18H2. The lowest BCUT2D eigenvalue weighted by Crippen LogP contribution is -2.28. The molecule has 0 aromatic heterocycles. The molecule has 0 aliphatic heterocycles. The number of hydrogen-bond acceptors (Lipinski definition) is 3. The van der Waals surface area contributed by atoms with Crippen molar-refractivity contribution in [3.63, 3.8) is 0 Å². The van der Waals surface area contributed by atoms with E-state index in [1.54, 1.807) is 0 Å². The largest absolute Gasteiger partial charge is 0.490 e. The van der Waals surface area contributed by atoms with Gasteiger partial charge in [0.15, 0.2) is 0 Å². The average molecular weight is 333 g/mol. The van der Waals surface area contributed by atoms with Gasteiger partial charge in [0.2, 0.25) is 0 Å². The number of nitrogens with one attached hydrogen (secondary N) is 1. The van der Waals surface area contributed by atoms with Crippen molar-refractivity contribution in [3.8, 4) is 5.75 Å². The van der Waals surface area contributed by atoms with Crippen LogP contribution in [0, 0.1) is 0 Å². The number of hydrazine groups is 1. The Balaban J connectivity index is 1.81. The van der Waals surface area contributed by atoms with Crippen molar-refractivity contribution in [2.45, 2.75) is 25.0 Å². The minimum absolute atomic E-state index is 0.0255. The van der Waals surface area contributed by atoms with Crippen LogP contribution >= 0.6 is 15.9 Å². The molecule has 3 N–H and O–H groups in total. The Morgan fingerprint density at radius 2 is 1.85 bits per heavy atom. The van der Waals surface area contributed by atoms with E-state index < -0.39 is 0 Å². The van der Waals surface area contributed by atoms with Gasteiger partial charge in [-0.25, -0.2) is 5.43 Å². The molecule has 2 aromatic carbocycles. The van der Waals surface area contributed by atoms with Gasteiger partial charge in [0, 0.05) is 4.47 Å². The first-order valence-electron chi connectivity index (χ1n) is 6.74. The summed E-state index contributed by atoms with van der Waals surface area (Å²) in [6.07, 6.45) is 2.77. The third-order valence-corrected chi connectivity index (χ3v) is 3.88. The van der Waals surface area contributed by atoms with Gasteiger partial charge >= 0.3 is 0 Å². The van der Waals surface area contributed by atoms with E-state index in [1.807, 2.05) is 24.3 Å². The molecule has 3 rings (SSSR count). The van der Waals surface area contributed by atoms with Crippen LogP contribution in [0.4, 0.5) is 0 Å². The van der Waals surface area contributed by atoms with E-state index in [-0.39, 0.29) is 6.04 Å². The third kappa shape index (κ3) is 3.20. The Bertz CT molecular complexity index is 581. The lowest BCUT2D eigenvalue weighted by atomic mass is 9.99. The number of benzene rings is 2. The van der Waals surface area contributed by atoms with E-state index in [9.17, 15) is 0 Å². The van der Waals surface area contributed by atoms with Crippen molar-refractivity contribution in [2.24, 2.45) is 5.84 Å². The molecule has 0 bridgehead atoms. The van der Waals surface area contributed by atoms with Gasteiger partial charge in [0.25, 0.3) is 0 Å². The second-order valence-corrected chi connectivity index (χ2v) is 5.96. The molecule has 1 saturated carbocycles. The highest BCUT2D eigenvalue weighted by molar-refractivity contribution is 9.10. The van der Waals surface area contributed by atoms with Crippen molar-refractivity contribution in [1.82, 2.24) is 5.43 Å². The van der Waals surface area contributed by atoms with Crippen LogP contribution in [-0.4, -0.2) is 6.10 Å². The minimum Gasteiger partial charge on any atom is -0.490 e. The summed E-state index contributed by atoms with van der Waals surface area (Å²) in [7, 11) is 0. The van der Waals surface area contributed by atoms with Crippen LogP contribution in [0.15, 0.2) is 53.0 Å². The smallest absolute Gasteiger partial charge is 0.119 e. The fourth-order valence-corrected chi connectivity index (χ4v) is 2.61. The maximum absolute atomic E-state index is 5.76. The molecule has 1 fully saturated rings. The summed E-state index contributed by atoms with van der Waals surface area (Å²) < 4.78 is 6.80. The first-order chi connectivity index (χ1) is 9.76. The van der Waals surface area contributed by atoms with Crippen LogP contribution in [0.3, 0.4) is 0 Å². The van der Waals surface area contributed by atoms with Gasteiger partial charge in [0.05, 0.1) is 12.1 Å². The molecular formula is C16H17BrN2O. The van der Waals surface area contributed by atoms with Gasteiger partial charge in [-0.15, -0.1) is 0 Å². The summed E-state index contributed by atoms with van der Waals surface area (Å²) in [4.78, 5) is 0. The zero-order valence-electron chi connectivity index (χ0n) is 11.1. The predicted octanol–water partition coefficient (Wildman–Crippen LogP) is 3.54. The molecule has 0 saturated heterocycles. The van der Waals surface area contributed by atoms with Crippen LogP contribution in [0.25, 0.3) is 0 Å². The van der Waals surface area contributed by atoms with Gasteiger partial charge in [-0.3, -0.25) is 5.84 Å². The first-order valence-corrected chi connectivity index (χ1v) is 7.54. The molecule has 104 valence electrons. The molecule has 0 amide bonds. The van der Waals surface area contributed by atoms with E-state index in [0.29, 0.717) is 6.10 Å². The Hall–Kier alpha value is -1.36. The number of hydrogen-bond donors (Lipinski definition) is 2. The zero-order valence-corrected chi connectivity index (χ0v) is 12.6. The highest BCUT2D eigenvalue weighted by Gasteiger charge is 2.23. The van der Waals surface area contributed by atoms with Crippen molar-refractivity contribution in [3.05, 3.63) is 64.1 Å². The van der Waals surface area contributed by atoms with E-state index in [2.05, 4.69) is 45.6 Å². The van der Waals surface area contributed by atoms with Gasteiger partial charge in [-0.1, -0.05) is 40.2 Å². The molecule has 4 heteroatoms. The van der Waals surface area contributed by atoms with Crippen molar-refractivity contribution in [1.29, 1.82) is 0 Å².